The summed E-state index contributed by atoms with van der Waals surface area (Å²) in [5.74, 6) is 0.0326. The standard InChI is InChI=1S/C16H20O3/c1-10-8-14(9-11(2)15(10)19-3)12-4-6-13(7-5-12)16(17)18/h4,8-9,13H,5-7H2,1-3H3,(H,17,18). The van der Waals surface area contributed by atoms with E-state index in [0.29, 0.717) is 6.42 Å². The van der Waals surface area contributed by atoms with Gasteiger partial charge in [-0.15, -0.1) is 0 Å². The van der Waals surface area contributed by atoms with Gasteiger partial charge in [0.1, 0.15) is 5.75 Å². The van der Waals surface area contributed by atoms with Crippen molar-refractivity contribution in [1.82, 2.24) is 0 Å². The van der Waals surface area contributed by atoms with Gasteiger partial charge in [0, 0.05) is 0 Å². The molecule has 3 nitrogen and oxygen atoms in total. The van der Waals surface area contributed by atoms with E-state index in [-0.39, 0.29) is 5.92 Å². The minimum Gasteiger partial charge on any atom is -0.496 e. The summed E-state index contributed by atoms with van der Waals surface area (Å²) in [6, 6.07) is 4.25. The lowest BCUT2D eigenvalue weighted by Crippen LogP contribution is -2.15. The third-order valence-electron chi connectivity index (χ3n) is 3.80. The molecule has 0 aromatic heterocycles. The molecule has 19 heavy (non-hydrogen) atoms. The molecule has 1 aliphatic rings. The van der Waals surface area contributed by atoms with E-state index in [9.17, 15) is 4.79 Å². The fourth-order valence-corrected chi connectivity index (χ4v) is 2.78. The van der Waals surface area contributed by atoms with Crippen LogP contribution in [0.3, 0.4) is 0 Å². The Hall–Kier alpha value is -1.77. The lowest BCUT2D eigenvalue weighted by molar-refractivity contribution is -0.141. The topological polar surface area (TPSA) is 46.5 Å². The maximum absolute atomic E-state index is 10.9. The highest BCUT2D eigenvalue weighted by Crippen LogP contribution is 2.34. The minimum atomic E-state index is -0.683. The number of rotatable bonds is 3. The third kappa shape index (κ3) is 2.80. The number of aliphatic carboxylic acids is 1. The number of hydrogen-bond acceptors (Lipinski definition) is 2. The first-order chi connectivity index (χ1) is 9.02. The van der Waals surface area contributed by atoms with Crippen LogP contribution in [-0.4, -0.2) is 18.2 Å². The molecule has 0 aliphatic heterocycles. The van der Waals surface area contributed by atoms with Crippen molar-refractivity contribution < 1.29 is 14.6 Å². The van der Waals surface area contributed by atoms with Crippen LogP contribution in [0.25, 0.3) is 5.57 Å². The smallest absolute Gasteiger partial charge is 0.306 e. The van der Waals surface area contributed by atoms with Gasteiger partial charge >= 0.3 is 5.97 Å². The lowest BCUT2D eigenvalue weighted by atomic mass is 9.86. The van der Waals surface area contributed by atoms with Crippen LogP contribution in [-0.2, 0) is 4.79 Å². The van der Waals surface area contributed by atoms with Gasteiger partial charge < -0.3 is 9.84 Å². The summed E-state index contributed by atoms with van der Waals surface area (Å²) >= 11 is 0. The SMILES string of the molecule is COc1c(C)cc(C2=CCC(C(=O)O)CC2)cc1C. The number of allylic oxidation sites excluding steroid dienone is 2. The predicted molar refractivity (Wildman–Crippen MR) is 75.4 cm³/mol. The summed E-state index contributed by atoms with van der Waals surface area (Å²) in [6.45, 7) is 4.08. The van der Waals surface area contributed by atoms with E-state index in [1.807, 2.05) is 13.8 Å². The number of carboxylic acid groups (broad SMARTS) is 1. The summed E-state index contributed by atoms with van der Waals surface area (Å²) < 4.78 is 5.37. The average Bonchev–Trinajstić information content (AvgIpc) is 2.38. The molecule has 0 fully saturated rings. The van der Waals surface area contributed by atoms with Crippen molar-refractivity contribution in [3.8, 4) is 5.75 Å². The molecular weight excluding hydrogens is 240 g/mol. The molecule has 1 aliphatic carbocycles. The maximum atomic E-state index is 10.9. The molecule has 0 radical (unpaired) electrons. The summed E-state index contributed by atoms with van der Waals surface area (Å²) in [4.78, 5) is 10.9. The van der Waals surface area contributed by atoms with E-state index in [4.69, 9.17) is 9.84 Å². The maximum Gasteiger partial charge on any atom is 0.306 e. The second kappa shape index (κ2) is 5.47. The van der Waals surface area contributed by atoms with Crippen LogP contribution in [0.2, 0.25) is 0 Å². The number of hydrogen-bond donors (Lipinski definition) is 1. The quantitative estimate of drug-likeness (QED) is 0.903. The molecule has 0 amide bonds. The van der Waals surface area contributed by atoms with Crippen LogP contribution < -0.4 is 4.74 Å². The molecule has 1 aromatic rings. The molecule has 0 heterocycles. The molecule has 102 valence electrons. The number of benzene rings is 1. The monoisotopic (exact) mass is 260 g/mol. The van der Waals surface area contributed by atoms with E-state index in [0.717, 1.165) is 29.7 Å². The summed E-state index contributed by atoms with van der Waals surface area (Å²) in [5.41, 5.74) is 4.70. The molecule has 1 aromatic carbocycles. The molecule has 1 atom stereocenters. The summed E-state index contributed by atoms with van der Waals surface area (Å²) in [7, 11) is 1.69. The zero-order valence-electron chi connectivity index (χ0n) is 11.7. The van der Waals surface area contributed by atoms with Crippen LogP contribution >= 0.6 is 0 Å². The van der Waals surface area contributed by atoms with Crippen molar-refractivity contribution in [2.45, 2.75) is 33.1 Å². The van der Waals surface area contributed by atoms with Gasteiger partial charge in [-0.25, -0.2) is 0 Å². The Bertz CT molecular complexity index is 506. The van der Waals surface area contributed by atoms with E-state index < -0.39 is 5.97 Å². The molecule has 0 saturated heterocycles. The Morgan fingerprint density at radius 3 is 2.37 bits per heavy atom. The summed E-state index contributed by atoms with van der Waals surface area (Å²) in [6.07, 6.45) is 4.27. The average molecular weight is 260 g/mol. The first-order valence-corrected chi connectivity index (χ1v) is 6.60. The van der Waals surface area contributed by atoms with Crippen LogP contribution in [0.15, 0.2) is 18.2 Å². The fourth-order valence-electron chi connectivity index (χ4n) is 2.78. The van der Waals surface area contributed by atoms with E-state index in [2.05, 4.69) is 18.2 Å². The van der Waals surface area contributed by atoms with Crippen molar-refractivity contribution in [3.63, 3.8) is 0 Å². The van der Waals surface area contributed by atoms with Gasteiger partial charge in [-0.2, -0.15) is 0 Å². The van der Waals surface area contributed by atoms with Gasteiger partial charge in [-0.3, -0.25) is 4.79 Å². The molecule has 1 unspecified atom stereocenters. The third-order valence-corrected chi connectivity index (χ3v) is 3.80. The molecule has 0 spiro atoms. The summed E-state index contributed by atoms with van der Waals surface area (Å²) in [5, 5.41) is 9.01. The Morgan fingerprint density at radius 1 is 1.32 bits per heavy atom. The Morgan fingerprint density at radius 2 is 1.95 bits per heavy atom. The number of aryl methyl sites for hydroxylation is 2. The van der Waals surface area contributed by atoms with Gasteiger partial charge in [0.25, 0.3) is 0 Å². The van der Waals surface area contributed by atoms with Crippen molar-refractivity contribution in [2.24, 2.45) is 5.92 Å². The zero-order valence-corrected chi connectivity index (χ0v) is 11.7. The van der Waals surface area contributed by atoms with Gasteiger partial charge in [-0.1, -0.05) is 6.08 Å². The van der Waals surface area contributed by atoms with E-state index in [1.54, 1.807) is 7.11 Å². The number of carbonyl (C=O) groups is 1. The van der Waals surface area contributed by atoms with Gasteiger partial charge in [0.15, 0.2) is 0 Å². The highest BCUT2D eigenvalue weighted by molar-refractivity contribution is 5.74. The predicted octanol–water partition coefficient (Wildman–Crippen LogP) is 3.58. The number of ether oxygens (including phenoxy) is 1. The van der Waals surface area contributed by atoms with Crippen LogP contribution in [0, 0.1) is 19.8 Å². The van der Waals surface area contributed by atoms with Crippen LogP contribution in [0.1, 0.15) is 36.0 Å². The number of carboxylic acids is 1. The van der Waals surface area contributed by atoms with Gasteiger partial charge in [0.2, 0.25) is 0 Å². The first-order valence-electron chi connectivity index (χ1n) is 6.60. The molecule has 2 rings (SSSR count). The van der Waals surface area contributed by atoms with Crippen LogP contribution in [0.5, 0.6) is 5.75 Å². The highest BCUT2D eigenvalue weighted by atomic mass is 16.5. The lowest BCUT2D eigenvalue weighted by Gasteiger charge is -2.20. The zero-order chi connectivity index (χ0) is 14.0. The number of methoxy groups -OCH3 is 1. The molecular formula is C16H20O3. The largest absolute Gasteiger partial charge is 0.496 e. The van der Waals surface area contributed by atoms with Crippen LogP contribution in [0.4, 0.5) is 0 Å². The van der Waals surface area contributed by atoms with Gasteiger partial charge in [0.05, 0.1) is 13.0 Å². The Kier molecular flexibility index (Phi) is 3.93. The normalized spacial score (nSPS) is 18.9. The molecule has 0 saturated carbocycles. The second-order valence-electron chi connectivity index (χ2n) is 5.18. The Balaban J connectivity index is 2.27. The van der Waals surface area contributed by atoms with E-state index >= 15 is 0 Å². The van der Waals surface area contributed by atoms with Gasteiger partial charge in [-0.05, 0) is 67.5 Å². The minimum absolute atomic E-state index is 0.218. The Labute approximate surface area is 113 Å². The fraction of sp³-hybridized carbons (Fsp3) is 0.438. The van der Waals surface area contributed by atoms with Crippen molar-refractivity contribution in [3.05, 3.63) is 34.9 Å². The second-order valence-corrected chi connectivity index (χ2v) is 5.18. The first kappa shape index (κ1) is 13.7. The molecule has 1 N–H and O–H groups in total. The van der Waals surface area contributed by atoms with Crippen molar-refractivity contribution in [1.29, 1.82) is 0 Å². The van der Waals surface area contributed by atoms with Crippen molar-refractivity contribution in [2.75, 3.05) is 7.11 Å². The molecule has 3 heteroatoms. The highest BCUT2D eigenvalue weighted by Gasteiger charge is 2.21. The van der Waals surface area contributed by atoms with E-state index in [1.165, 1.54) is 11.1 Å². The van der Waals surface area contributed by atoms with Crippen molar-refractivity contribution >= 4 is 11.5 Å². The molecule has 0 bridgehead atoms.